The number of aromatic hydroxyl groups is 1. The highest BCUT2D eigenvalue weighted by Crippen LogP contribution is 2.12. The van der Waals surface area contributed by atoms with Crippen molar-refractivity contribution in [2.45, 2.75) is 43.8 Å². The van der Waals surface area contributed by atoms with E-state index in [1.165, 1.54) is 12.1 Å². The topological polar surface area (TPSA) is 197 Å². The summed E-state index contributed by atoms with van der Waals surface area (Å²) in [5.41, 5.74) is 11.3. The zero-order chi connectivity index (χ0) is 24.1. The lowest BCUT2D eigenvalue weighted by molar-refractivity contribution is -0.142. The van der Waals surface area contributed by atoms with E-state index in [1.54, 1.807) is 12.1 Å². The summed E-state index contributed by atoms with van der Waals surface area (Å²) in [6, 6.07) is 2.64. The Morgan fingerprint density at radius 2 is 1.50 bits per heavy atom. The minimum atomic E-state index is -1.25. The zero-order valence-corrected chi connectivity index (χ0v) is 18.5. The van der Waals surface area contributed by atoms with Gasteiger partial charge in [-0.05, 0) is 43.5 Å². The number of phenols is 1. The third-order valence-electron chi connectivity index (χ3n) is 4.59. The predicted octanol–water partition coefficient (Wildman–Crippen LogP) is -1.51. The molecule has 1 aromatic carbocycles. The van der Waals surface area contributed by atoms with E-state index >= 15 is 0 Å². The Labute approximate surface area is 191 Å². The van der Waals surface area contributed by atoms with Crippen LogP contribution in [0.15, 0.2) is 24.3 Å². The molecule has 3 unspecified atom stereocenters. The molecule has 0 aliphatic heterocycles. The van der Waals surface area contributed by atoms with Crippen LogP contribution in [0.5, 0.6) is 5.75 Å². The third kappa shape index (κ3) is 9.54. The van der Waals surface area contributed by atoms with Crippen molar-refractivity contribution in [1.82, 2.24) is 16.0 Å². The average Bonchev–Trinajstić information content (AvgIpc) is 2.77. The molecule has 0 saturated carbocycles. The molecule has 0 aliphatic carbocycles. The van der Waals surface area contributed by atoms with Gasteiger partial charge in [0, 0.05) is 12.2 Å². The van der Waals surface area contributed by atoms with Crippen LogP contribution < -0.4 is 27.4 Å². The Morgan fingerprint density at radius 1 is 0.906 bits per heavy atom. The molecule has 0 aliphatic rings. The number of hydrogen-bond donors (Lipinski definition) is 8. The molecule has 0 heterocycles. The van der Waals surface area contributed by atoms with Gasteiger partial charge in [-0.25, -0.2) is 4.79 Å². The molecular weight excluding hydrogens is 438 g/mol. The van der Waals surface area contributed by atoms with Crippen LogP contribution in [0.25, 0.3) is 0 Å². The van der Waals surface area contributed by atoms with Gasteiger partial charge in [0.1, 0.15) is 23.9 Å². The Bertz CT molecular complexity index is 776. The minimum Gasteiger partial charge on any atom is -0.508 e. The van der Waals surface area contributed by atoms with Crippen molar-refractivity contribution in [2.24, 2.45) is 11.5 Å². The Kier molecular flexibility index (Phi) is 12.1. The molecule has 11 nitrogen and oxygen atoms in total. The minimum absolute atomic E-state index is 0.0172. The molecule has 1 rings (SSSR count). The van der Waals surface area contributed by atoms with Crippen LogP contribution in [0.1, 0.15) is 24.8 Å². The van der Waals surface area contributed by atoms with Crippen molar-refractivity contribution in [3.63, 3.8) is 0 Å². The largest absolute Gasteiger partial charge is 0.508 e. The van der Waals surface area contributed by atoms with E-state index in [2.05, 4.69) is 28.6 Å². The quantitative estimate of drug-likeness (QED) is 0.119. The van der Waals surface area contributed by atoms with Crippen molar-refractivity contribution in [3.8, 4) is 5.75 Å². The van der Waals surface area contributed by atoms with E-state index in [1.807, 2.05) is 0 Å². The molecule has 9 N–H and O–H groups in total. The molecule has 12 heteroatoms. The number of benzene rings is 1. The maximum Gasteiger partial charge on any atom is 0.326 e. The molecule has 0 fully saturated rings. The summed E-state index contributed by atoms with van der Waals surface area (Å²) in [5, 5.41) is 26.3. The lowest BCUT2D eigenvalue weighted by Crippen LogP contribution is -2.56. The third-order valence-corrected chi connectivity index (χ3v) is 4.96. The van der Waals surface area contributed by atoms with Gasteiger partial charge in [-0.1, -0.05) is 12.1 Å². The summed E-state index contributed by atoms with van der Waals surface area (Å²) in [7, 11) is 0. The van der Waals surface area contributed by atoms with E-state index < -0.39 is 41.8 Å². The summed E-state index contributed by atoms with van der Waals surface area (Å²) in [6.45, 7) is 0.0856. The zero-order valence-electron chi connectivity index (χ0n) is 17.6. The van der Waals surface area contributed by atoms with Gasteiger partial charge in [0.05, 0.1) is 6.54 Å². The van der Waals surface area contributed by atoms with Gasteiger partial charge in [-0.15, -0.1) is 0 Å². The van der Waals surface area contributed by atoms with Crippen LogP contribution >= 0.6 is 12.6 Å². The van der Waals surface area contributed by atoms with Crippen LogP contribution in [0, 0.1) is 0 Å². The number of thiol groups is 1. The predicted molar refractivity (Wildman–Crippen MR) is 121 cm³/mol. The van der Waals surface area contributed by atoms with Gasteiger partial charge in [0.15, 0.2) is 0 Å². The number of nitrogens with one attached hydrogen (secondary N) is 3. The number of hydrogen-bond acceptors (Lipinski definition) is 8. The number of carbonyl (C=O) groups is 4. The first-order valence-electron chi connectivity index (χ1n) is 10.1. The number of carboxylic acid groups (broad SMARTS) is 1. The Balaban J connectivity index is 2.90. The molecule has 0 spiro atoms. The van der Waals surface area contributed by atoms with Crippen LogP contribution in [-0.2, 0) is 25.6 Å². The fourth-order valence-electron chi connectivity index (χ4n) is 2.82. The Morgan fingerprint density at radius 3 is 2.03 bits per heavy atom. The van der Waals surface area contributed by atoms with E-state index in [9.17, 15) is 29.4 Å². The van der Waals surface area contributed by atoms with Crippen molar-refractivity contribution < 1.29 is 29.4 Å². The first kappa shape index (κ1) is 27.2. The molecule has 3 atom stereocenters. The van der Waals surface area contributed by atoms with Gasteiger partial charge in [-0.2, -0.15) is 12.6 Å². The smallest absolute Gasteiger partial charge is 0.326 e. The van der Waals surface area contributed by atoms with Crippen LogP contribution in [0.2, 0.25) is 0 Å². The molecule has 32 heavy (non-hydrogen) atoms. The molecule has 0 radical (unpaired) electrons. The molecule has 3 amide bonds. The summed E-state index contributed by atoms with van der Waals surface area (Å²) in [6.07, 6.45) is 1.34. The lowest BCUT2D eigenvalue weighted by atomic mass is 10.0. The number of rotatable bonds is 14. The monoisotopic (exact) mass is 469 g/mol. The normalized spacial score (nSPS) is 13.5. The summed E-state index contributed by atoms with van der Waals surface area (Å²) >= 11 is 4.04. The SMILES string of the molecule is NCCCCC(NC(=O)C(CS)NC(=O)CN)C(=O)NC(Cc1ccc(O)cc1)C(=O)O. The maximum absolute atomic E-state index is 12.8. The highest BCUT2D eigenvalue weighted by molar-refractivity contribution is 7.80. The van der Waals surface area contributed by atoms with Gasteiger partial charge >= 0.3 is 5.97 Å². The van der Waals surface area contributed by atoms with E-state index in [0.29, 0.717) is 24.9 Å². The highest BCUT2D eigenvalue weighted by Gasteiger charge is 2.29. The van der Waals surface area contributed by atoms with Gasteiger partial charge in [-0.3, -0.25) is 14.4 Å². The number of unbranched alkanes of at least 4 members (excludes halogenated alkanes) is 1. The van der Waals surface area contributed by atoms with Gasteiger partial charge in [0.2, 0.25) is 17.7 Å². The van der Waals surface area contributed by atoms with Gasteiger partial charge < -0.3 is 37.6 Å². The fourth-order valence-corrected chi connectivity index (χ4v) is 3.08. The summed E-state index contributed by atoms with van der Waals surface area (Å²) in [4.78, 5) is 48.6. The number of amides is 3. The second kappa shape index (κ2) is 14.3. The fraction of sp³-hybridized carbons (Fsp3) is 0.500. The molecule has 178 valence electrons. The van der Waals surface area contributed by atoms with Crippen molar-refractivity contribution in [1.29, 1.82) is 0 Å². The van der Waals surface area contributed by atoms with Gasteiger partial charge in [0.25, 0.3) is 0 Å². The number of nitrogens with two attached hydrogens (primary N) is 2. The Hall–Kier alpha value is -2.83. The molecule has 0 saturated heterocycles. The van der Waals surface area contributed by atoms with Crippen molar-refractivity contribution in [2.75, 3.05) is 18.8 Å². The molecule has 0 aromatic heterocycles. The molecule has 1 aromatic rings. The van der Waals surface area contributed by atoms with Crippen LogP contribution in [-0.4, -0.2) is 70.9 Å². The maximum atomic E-state index is 12.8. The molecular formula is C20H31N5O6S. The standard InChI is InChI=1S/C20H31N5O6S/c21-8-2-1-3-14(24-19(29)16(11-32)23-17(27)10-22)18(28)25-15(20(30)31)9-12-4-6-13(26)7-5-12/h4-7,14-16,26,32H,1-3,8-11,21-22H2,(H,23,27)(H,24,29)(H,25,28)(H,30,31). The summed E-state index contributed by atoms with van der Waals surface area (Å²) < 4.78 is 0. The summed E-state index contributed by atoms with van der Waals surface area (Å²) in [5.74, 6) is -3.10. The first-order chi connectivity index (χ1) is 15.2. The lowest BCUT2D eigenvalue weighted by Gasteiger charge is -2.24. The highest BCUT2D eigenvalue weighted by atomic mass is 32.1. The number of aliphatic carboxylic acids is 1. The van der Waals surface area contributed by atoms with E-state index in [4.69, 9.17) is 11.5 Å². The van der Waals surface area contributed by atoms with Crippen molar-refractivity contribution >= 4 is 36.3 Å². The average molecular weight is 470 g/mol. The second-order valence-electron chi connectivity index (χ2n) is 7.12. The van der Waals surface area contributed by atoms with E-state index in [-0.39, 0.29) is 30.9 Å². The van der Waals surface area contributed by atoms with Crippen molar-refractivity contribution in [3.05, 3.63) is 29.8 Å². The van der Waals surface area contributed by atoms with Crippen LogP contribution in [0.3, 0.4) is 0 Å². The number of phenolic OH excluding ortho intramolecular Hbond substituents is 1. The molecule has 0 bridgehead atoms. The number of carboxylic acids is 1. The first-order valence-corrected chi connectivity index (χ1v) is 10.8. The number of carbonyl (C=O) groups excluding carboxylic acids is 3. The second-order valence-corrected chi connectivity index (χ2v) is 7.49. The van der Waals surface area contributed by atoms with E-state index in [0.717, 1.165) is 0 Å². The van der Waals surface area contributed by atoms with Crippen LogP contribution in [0.4, 0.5) is 0 Å².